The molecule has 1 fully saturated rings. The Hall–Kier alpha value is -2.74. The SMILES string of the molecule is CCCc1cc(Oc2ccccc2)ccc1OCCCOc1ccc(S(=O)(=O)N2CCCC2)cc1Cl. The van der Waals surface area contributed by atoms with Gasteiger partial charge in [-0.15, -0.1) is 0 Å². The minimum atomic E-state index is -3.50. The zero-order chi connectivity index (χ0) is 25.4. The third-order valence-corrected chi connectivity index (χ3v) is 8.13. The highest BCUT2D eigenvalue weighted by Crippen LogP contribution is 2.31. The minimum absolute atomic E-state index is 0.202. The van der Waals surface area contributed by atoms with E-state index in [4.69, 9.17) is 25.8 Å². The molecule has 0 atom stereocenters. The van der Waals surface area contributed by atoms with E-state index in [-0.39, 0.29) is 9.92 Å². The van der Waals surface area contributed by atoms with Gasteiger partial charge in [0.1, 0.15) is 23.0 Å². The molecule has 4 rings (SSSR count). The monoisotopic (exact) mass is 529 g/mol. The summed E-state index contributed by atoms with van der Waals surface area (Å²) in [7, 11) is -3.50. The number of para-hydroxylation sites is 1. The Morgan fingerprint density at radius 2 is 1.56 bits per heavy atom. The maximum atomic E-state index is 12.7. The van der Waals surface area contributed by atoms with Gasteiger partial charge in [0.25, 0.3) is 0 Å². The van der Waals surface area contributed by atoms with Gasteiger partial charge >= 0.3 is 0 Å². The molecule has 8 heteroatoms. The van der Waals surface area contributed by atoms with E-state index in [1.807, 2.05) is 48.5 Å². The van der Waals surface area contributed by atoms with Gasteiger partial charge in [-0.1, -0.05) is 43.1 Å². The third-order valence-electron chi connectivity index (χ3n) is 5.94. The van der Waals surface area contributed by atoms with Gasteiger partial charge in [-0.05, 0) is 73.4 Å². The average molecular weight is 530 g/mol. The van der Waals surface area contributed by atoms with E-state index in [1.165, 1.54) is 10.4 Å². The topological polar surface area (TPSA) is 65.1 Å². The lowest BCUT2D eigenvalue weighted by molar-refractivity contribution is 0.246. The maximum absolute atomic E-state index is 12.7. The molecule has 192 valence electrons. The van der Waals surface area contributed by atoms with Crippen LogP contribution in [0, 0.1) is 0 Å². The van der Waals surface area contributed by atoms with Gasteiger partial charge in [-0.2, -0.15) is 4.31 Å². The van der Waals surface area contributed by atoms with Crippen molar-refractivity contribution in [1.82, 2.24) is 4.31 Å². The van der Waals surface area contributed by atoms with Crippen molar-refractivity contribution >= 4 is 21.6 Å². The quantitative estimate of drug-likeness (QED) is 0.244. The number of hydrogen-bond donors (Lipinski definition) is 0. The van der Waals surface area contributed by atoms with E-state index in [9.17, 15) is 8.42 Å². The Balaban J connectivity index is 1.28. The fourth-order valence-electron chi connectivity index (χ4n) is 4.11. The summed E-state index contributed by atoms with van der Waals surface area (Å²) in [6.07, 6.45) is 4.32. The van der Waals surface area contributed by atoms with Gasteiger partial charge in [0.15, 0.2) is 0 Å². The lowest BCUT2D eigenvalue weighted by Crippen LogP contribution is -2.27. The molecule has 1 aliphatic rings. The van der Waals surface area contributed by atoms with Crippen LogP contribution >= 0.6 is 11.6 Å². The number of aryl methyl sites for hydroxylation is 1. The fourth-order valence-corrected chi connectivity index (χ4v) is 5.95. The van der Waals surface area contributed by atoms with Gasteiger partial charge in [-0.3, -0.25) is 0 Å². The summed E-state index contributed by atoms with van der Waals surface area (Å²) in [4.78, 5) is 0.202. The molecular formula is C28H32ClNO5S. The Morgan fingerprint density at radius 3 is 2.25 bits per heavy atom. The molecule has 0 aromatic heterocycles. The van der Waals surface area contributed by atoms with Gasteiger partial charge in [0.05, 0.1) is 23.1 Å². The lowest BCUT2D eigenvalue weighted by Gasteiger charge is -2.16. The van der Waals surface area contributed by atoms with Crippen LogP contribution < -0.4 is 14.2 Å². The average Bonchev–Trinajstić information content (AvgIpc) is 3.43. The Labute approximate surface area is 218 Å². The molecule has 6 nitrogen and oxygen atoms in total. The van der Waals surface area contributed by atoms with Crippen LogP contribution in [0.4, 0.5) is 0 Å². The molecule has 3 aromatic rings. The summed E-state index contributed by atoms with van der Waals surface area (Å²) >= 11 is 6.33. The molecule has 0 saturated carbocycles. The van der Waals surface area contributed by atoms with Crippen LogP contribution in [0.3, 0.4) is 0 Å². The van der Waals surface area contributed by atoms with E-state index < -0.39 is 10.0 Å². The van der Waals surface area contributed by atoms with E-state index in [0.717, 1.165) is 48.5 Å². The predicted molar refractivity (Wildman–Crippen MR) is 142 cm³/mol. The van der Waals surface area contributed by atoms with Crippen molar-refractivity contribution in [1.29, 1.82) is 0 Å². The standard InChI is InChI=1S/C28H32ClNO5S/c1-2-9-22-20-24(35-23-10-4-3-5-11-23)12-14-27(22)33-18-8-19-34-28-15-13-25(21-26(28)29)36(31,32)30-16-6-7-17-30/h3-5,10-15,20-21H,2,6-9,16-19H2,1H3. The second-order valence-corrected chi connectivity index (χ2v) is 11.0. The lowest BCUT2D eigenvalue weighted by atomic mass is 10.1. The molecule has 1 aliphatic heterocycles. The number of rotatable bonds is 12. The molecule has 0 bridgehead atoms. The number of halogens is 1. The van der Waals surface area contributed by atoms with Crippen LogP contribution in [0.5, 0.6) is 23.0 Å². The van der Waals surface area contributed by atoms with Crippen molar-refractivity contribution in [3.8, 4) is 23.0 Å². The normalized spacial score (nSPS) is 14.1. The minimum Gasteiger partial charge on any atom is -0.493 e. The van der Waals surface area contributed by atoms with Gasteiger partial charge in [-0.25, -0.2) is 8.42 Å². The molecule has 0 N–H and O–H groups in total. The molecule has 0 radical (unpaired) electrons. The predicted octanol–water partition coefficient (Wildman–Crippen LogP) is 6.72. The second kappa shape index (κ2) is 12.5. The molecule has 0 aliphatic carbocycles. The molecule has 1 saturated heterocycles. The van der Waals surface area contributed by atoms with Crippen molar-refractivity contribution in [2.45, 2.75) is 43.9 Å². The molecule has 0 amide bonds. The van der Waals surface area contributed by atoms with Crippen LogP contribution in [0.15, 0.2) is 71.6 Å². The van der Waals surface area contributed by atoms with Gasteiger partial charge in [0.2, 0.25) is 10.0 Å². The van der Waals surface area contributed by atoms with E-state index in [1.54, 1.807) is 12.1 Å². The van der Waals surface area contributed by atoms with Crippen molar-refractivity contribution in [3.63, 3.8) is 0 Å². The highest BCUT2D eigenvalue weighted by atomic mass is 35.5. The summed E-state index contributed by atoms with van der Waals surface area (Å²) in [6, 6.07) is 20.2. The Bertz CT molecular complexity index is 1240. The van der Waals surface area contributed by atoms with Gasteiger partial charge < -0.3 is 14.2 Å². The van der Waals surface area contributed by atoms with Crippen molar-refractivity contribution in [2.24, 2.45) is 0 Å². The van der Waals surface area contributed by atoms with Crippen molar-refractivity contribution < 1.29 is 22.6 Å². The second-order valence-electron chi connectivity index (χ2n) is 8.69. The van der Waals surface area contributed by atoms with E-state index in [0.29, 0.717) is 38.5 Å². The molecule has 1 heterocycles. The van der Waals surface area contributed by atoms with E-state index in [2.05, 4.69) is 6.92 Å². The number of benzene rings is 3. The largest absolute Gasteiger partial charge is 0.493 e. The number of sulfonamides is 1. The highest BCUT2D eigenvalue weighted by Gasteiger charge is 2.27. The highest BCUT2D eigenvalue weighted by molar-refractivity contribution is 7.89. The first-order valence-corrected chi connectivity index (χ1v) is 14.2. The maximum Gasteiger partial charge on any atom is 0.243 e. The summed E-state index contributed by atoms with van der Waals surface area (Å²) in [6.45, 7) is 4.13. The smallest absolute Gasteiger partial charge is 0.243 e. The summed E-state index contributed by atoms with van der Waals surface area (Å²) in [5, 5.41) is 0.287. The zero-order valence-corrected chi connectivity index (χ0v) is 22.1. The molecule has 3 aromatic carbocycles. The summed E-state index contributed by atoms with van der Waals surface area (Å²) < 4.78 is 44.7. The van der Waals surface area contributed by atoms with Crippen LogP contribution in [-0.2, 0) is 16.4 Å². The molecule has 0 spiro atoms. The fraction of sp³-hybridized carbons (Fsp3) is 0.357. The summed E-state index contributed by atoms with van der Waals surface area (Å²) in [5.74, 6) is 2.88. The Kier molecular flexibility index (Phi) is 9.13. The first kappa shape index (κ1) is 26.3. The molecular weight excluding hydrogens is 498 g/mol. The zero-order valence-electron chi connectivity index (χ0n) is 20.5. The van der Waals surface area contributed by atoms with Crippen LogP contribution in [0.2, 0.25) is 5.02 Å². The van der Waals surface area contributed by atoms with Crippen LogP contribution in [-0.4, -0.2) is 39.0 Å². The van der Waals surface area contributed by atoms with Crippen LogP contribution in [0.25, 0.3) is 0 Å². The van der Waals surface area contributed by atoms with Crippen LogP contribution in [0.1, 0.15) is 38.2 Å². The third kappa shape index (κ3) is 6.72. The number of hydrogen-bond acceptors (Lipinski definition) is 5. The number of ether oxygens (including phenoxy) is 3. The van der Waals surface area contributed by atoms with E-state index >= 15 is 0 Å². The first-order valence-electron chi connectivity index (χ1n) is 12.4. The molecule has 36 heavy (non-hydrogen) atoms. The van der Waals surface area contributed by atoms with Crippen molar-refractivity contribution in [2.75, 3.05) is 26.3 Å². The Morgan fingerprint density at radius 1 is 0.861 bits per heavy atom. The first-order chi connectivity index (χ1) is 17.5. The van der Waals surface area contributed by atoms with Crippen molar-refractivity contribution in [3.05, 3.63) is 77.3 Å². The number of nitrogens with zero attached hydrogens (tertiary/aromatic N) is 1. The summed E-state index contributed by atoms with van der Waals surface area (Å²) in [5.41, 5.74) is 1.10. The molecule has 0 unspecified atom stereocenters. The van der Waals surface area contributed by atoms with Gasteiger partial charge in [0, 0.05) is 19.5 Å².